The molecule has 3 aromatic rings. The van der Waals surface area contributed by atoms with Gasteiger partial charge in [0, 0.05) is 23.7 Å². The summed E-state index contributed by atoms with van der Waals surface area (Å²) < 4.78 is 1.55. The third kappa shape index (κ3) is 6.26. The lowest BCUT2D eigenvalue weighted by Gasteiger charge is -2.20. The van der Waals surface area contributed by atoms with E-state index in [4.69, 9.17) is 0 Å². The van der Waals surface area contributed by atoms with Gasteiger partial charge in [0.1, 0.15) is 5.69 Å². The number of carbonyl (C=O) groups is 1. The van der Waals surface area contributed by atoms with E-state index in [2.05, 4.69) is 29.2 Å². The fourth-order valence-electron chi connectivity index (χ4n) is 3.74. The van der Waals surface area contributed by atoms with Gasteiger partial charge in [0.25, 0.3) is 11.6 Å². The molecule has 0 fully saturated rings. The molecule has 174 valence electrons. The van der Waals surface area contributed by atoms with Crippen LogP contribution in [-0.2, 0) is 0 Å². The lowest BCUT2D eigenvalue weighted by Crippen LogP contribution is -2.34. The number of benzene rings is 2. The van der Waals surface area contributed by atoms with Crippen LogP contribution in [0.3, 0.4) is 0 Å². The van der Waals surface area contributed by atoms with E-state index in [1.54, 1.807) is 22.9 Å². The smallest absolute Gasteiger partial charge is 0.270 e. The van der Waals surface area contributed by atoms with Crippen molar-refractivity contribution < 1.29 is 9.72 Å². The van der Waals surface area contributed by atoms with E-state index >= 15 is 0 Å². The molecule has 1 unspecified atom stereocenters. The van der Waals surface area contributed by atoms with Crippen molar-refractivity contribution in [2.45, 2.75) is 39.7 Å². The van der Waals surface area contributed by atoms with Gasteiger partial charge in [-0.15, -0.1) is 0 Å². The fourth-order valence-corrected chi connectivity index (χ4v) is 3.74. The van der Waals surface area contributed by atoms with E-state index in [0.717, 1.165) is 38.0 Å². The second kappa shape index (κ2) is 11.4. The number of hydrogen-bond donors (Lipinski definition) is 1. The number of rotatable bonds is 11. The van der Waals surface area contributed by atoms with Crippen molar-refractivity contribution in [3.05, 3.63) is 76.5 Å². The van der Waals surface area contributed by atoms with E-state index in [0.29, 0.717) is 17.1 Å². The van der Waals surface area contributed by atoms with Crippen LogP contribution in [0.15, 0.2) is 60.7 Å². The molecule has 8 nitrogen and oxygen atoms in total. The largest absolute Gasteiger partial charge is 0.348 e. The Morgan fingerprint density at radius 3 is 2.39 bits per heavy atom. The summed E-state index contributed by atoms with van der Waals surface area (Å²) in [4.78, 5) is 26.1. The van der Waals surface area contributed by atoms with Crippen LogP contribution in [0.5, 0.6) is 0 Å². The van der Waals surface area contributed by atoms with Crippen LogP contribution in [0, 0.1) is 10.1 Å². The molecule has 0 radical (unpaired) electrons. The van der Waals surface area contributed by atoms with E-state index in [1.165, 1.54) is 12.1 Å². The average molecular weight is 450 g/mol. The van der Waals surface area contributed by atoms with Crippen LogP contribution in [0.2, 0.25) is 0 Å². The number of carbonyl (C=O) groups excluding carboxylic acids is 1. The monoisotopic (exact) mass is 449 g/mol. The fraction of sp³-hybridized carbons (Fsp3) is 0.360. The zero-order chi connectivity index (χ0) is 23.8. The number of amides is 1. The second-order valence-electron chi connectivity index (χ2n) is 8.01. The maximum atomic E-state index is 13.2. The number of nitro groups is 1. The molecule has 0 spiro atoms. The Kier molecular flexibility index (Phi) is 8.32. The zero-order valence-electron chi connectivity index (χ0n) is 19.4. The number of nitrogens with zero attached hydrogens (tertiary/aromatic N) is 4. The van der Waals surface area contributed by atoms with Crippen LogP contribution in [0.1, 0.15) is 44.1 Å². The molecule has 0 saturated heterocycles. The molecule has 2 aromatic carbocycles. The summed E-state index contributed by atoms with van der Waals surface area (Å²) in [6.07, 6.45) is 1.87. The Balaban J connectivity index is 1.82. The standard InChI is InChI=1S/C25H31N5O3/c1-4-28(5-2)17-9-10-19(3)26-25(31)24-18-23(20-11-7-6-8-12-20)27-29(24)21-13-15-22(16-14-21)30(32)33/h6-8,11-16,18-19H,4-5,9-10,17H2,1-3H3,(H,26,31). The first-order chi connectivity index (χ1) is 15.9. The Hall–Kier alpha value is -3.52. The molecule has 1 atom stereocenters. The van der Waals surface area contributed by atoms with Gasteiger partial charge in [-0.2, -0.15) is 5.10 Å². The molecule has 8 heteroatoms. The van der Waals surface area contributed by atoms with E-state index in [-0.39, 0.29) is 17.6 Å². The zero-order valence-corrected chi connectivity index (χ0v) is 19.4. The second-order valence-corrected chi connectivity index (χ2v) is 8.01. The van der Waals surface area contributed by atoms with Gasteiger partial charge in [-0.3, -0.25) is 14.9 Å². The number of nitrogens with one attached hydrogen (secondary N) is 1. The maximum Gasteiger partial charge on any atom is 0.270 e. The topological polar surface area (TPSA) is 93.3 Å². The molecule has 3 rings (SSSR count). The van der Waals surface area contributed by atoms with Gasteiger partial charge in [-0.1, -0.05) is 44.2 Å². The highest BCUT2D eigenvalue weighted by molar-refractivity contribution is 5.94. The first-order valence-electron chi connectivity index (χ1n) is 11.4. The molecule has 1 aromatic heterocycles. The average Bonchev–Trinajstić information content (AvgIpc) is 3.28. The minimum Gasteiger partial charge on any atom is -0.348 e. The molecule has 0 aliphatic heterocycles. The number of nitro benzene ring substituents is 1. The Bertz CT molecular complexity index is 1060. The van der Waals surface area contributed by atoms with Crippen molar-refractivity contribution >= 4 is 11.6 Å². The summed E-state index contributed by atoms with van der Waals surface area (Å²) in [7, 11) is 0. The molecule has 1 heterocycles. The normalized spacial score (nSPS) is 12.0. The minimum absolute atomic E-state index is 0.00782. The van der Waals surface area contributed by atoms with Crippen molar-refractivity contribution in [3.63, 3.8) is 0 Å². The minimum atomic E-state index is -0.449. The number of non-ortho nitro benzene ring substituents is 1. The number of hydrogen-bond acceptors (Lipinski definition) is 5. The first kappa shape index (κ1) is 24.1. The molecule has 1 N–H and O–H groups in total. The highest BCUT2D eigenvalue weighted by atomic mass is 16.6. The molecule has 33 heavy (non-hydrogen) atoms. The van der Waals surface area contributed by atoms with Gasteiger partial charge in [0.2, 0.25) is 0 Å². The van der Waals surface area contributed by atoms with Gasteiger partial charge in [0.05, 0.1) is 16.3 Å². The Morgan fingerprint density at radius 2 is 1.79 bits per heavy atom. The predicted molar refractivity (Wildman–Crippen MR) is 130 cm³/mol. The summed E-state index contributed by atoms with van der Waals surface area (Å²) >= 11 is 0. The highest BCUT2D eigenvalue weighted by Gasteiger charge is 2.20. The third-order valence-corrected chi connectivity index (χ3v) is 5.70. The molecule has 0 bridgehead atoms. The summed E-state index contributed by atoms with van der Waals surface area (Å²) in [5.41, 5.74) is 2.51. The maximum absolute atomic E-state index is 13.2. The summed E-state index contributed by atoms with van der Waals surface area (Å²) in [5, 5.41) is 18.7. The Morgan fingerprint density at radius 1 is 1.12 bits per heavy atom. The lowest BCUT2D eigenvalue weighted by molar-refractivity contribution is -0.384. The van der Waals surface area contributed by atoms with Crippen molar-refractivity contribution in [1.29, 1.82) is 0 Å². The van der Waals surface area contributed by atoms with Gasteiger partial charge in [-0.05, 0) is 57.6 Å². The van der Waals surface area contributed by atoms with Crippen LogP contribution < -0.4 is 5.32 Å². The van der Waals surface area contributed by atoms with Gasteiger partial charge in [-0.25, -0.2) is 4.68 Å². The highest BCUT2D eigenvalue weighted by Crippen LogP contribution is 2.23. The first-order valence-corrected chi connectivity index (χ1v) is 11.4. The molecule has 0 aliphatic carbocycles. The molecular formula is C25H31N5O3. The third-order valence-electron chi connectivity index (χ3n) is 5.70. The summed E-state index contributed by atoms with van der Waals surface area (Å²) in [6, 6.07) is 17.4. The molecule has 1 amide bonds. The van der Waals surface area contributed by atoms with E-state index < -0.39 is 4.92 Å². The van der Waals surface area contributed by atoms with Crippen molar-refractivity contribution in [3.8, 4) is 16.9 Å². The summed E-state index contributed by atoms with van der Waals surface area (Å²) in [5.74, 6) is -0.224. The molecule has 0 saturated carbocycles. The molecule has 0 aliphatic rings. The number of aromatic nitrogens is 2. The van der Waals surface area contributed by atoms with Crippen LogP contribution in [-0.4, -0.2) is 51.2 Å². The van der Waals surface area contributed by atoms with Gasteiger partial charge < -0.3 is 10.2 Å². The van der Waals surface area contributed by atoms with Crippen molar-refractivity contribution in [2.24, 2.45) is 0 Å². The quantitative estimate of drug-likeness (QED) is 0.339. The van der Waals surface area contributed by atoms with Crippen molar-refractivity contribution in [2.75, 3.05) is 19.6 Å². The predicted octanol–water partition coefficient (Wildman–Crippen LogP) is 4.69. The van der Waals surface area contributed by atoms with Gasteiger partial charge in [0.15, 0.2) is 0 Å². The van der Waals surface area contributed by atoms with Crippen LogP contribution in [0.25, 0.3) is 16.9 Å². The van der Waals surface area contributed by atoms with Crippen LogP contribution >= 0.6 is 0 Å². The lowest BCUT2D eigenvalue weighted by atomic mass is 10.1. The summed E-state index contributed by atoms with van der Waals surface area (Å²) in [6.45, 7) is 9.36. The SMILES string of the molecule is CCN(CC)CCCC(C)NC(=O)c1cc(-c2ccccc2)nn1-c1ccc([N+](=O)[O-])cc1. The molecular weight excluding hydrogens is 418 g/mol. The van der Waals surface area contributed by atoms with E-state index in [9.17, 15) is 14.9 Å². The van der Waals surface area contributed by atoms with Crippen LogP contribution in [0.4, 0.5) is 5.69 Å². The van der Waals surface area contributed by atoms with E-state index in [1.807, 2.05) is 37.3 Å². The Labute approximate surface area is 194 Å². The van der Waals surface area contributed by atoms with Gasteiger partial charge >= 0.3 is 0 Å². The van der Waals surface area contributed by atoms with Crippen molar-refractivity contribution in [1.82, 2.24) is 20.0 Å².